The number of rotatable bonds is 4. The molecule has 1 fully saturated rings. The van der Waals surface area contributed by atoms with E-state index in [1.165, 1.54) is 12.1 Å². The summed E-state index contributed by atoms with van der Waals surface area (Å²) in [5.74, 6) is -0.455. The van der Waals surface area contributed by atoms with Crippen molar-refractivity contribution in [3.05, 3.63) is 29.0 Å². The molecule has 1 aromatic carbocycles. The summed E-state index contributed by atoms with van der Waals surface area (Å²) in [7, 11) is 0. The Morgan fingerprint density at radius 1 is 1.50 bits per heavy atom. The summed E-state index contributed by atoms with van der Waals surface area (Å²) >= 11 is 5.78. The van der Waals surface area contributed by atoms with Gasteiger partial charge in [-0.05, 0) is 31.0 Å². The lowest BCUT2D eigenvalue weighted by atomic mass is 10.1. The van der Waals surface area contributed by atoms with Gasteiger partial charge in [-0.3, -0.25) is 0 Å². The summed E-state index contributed by atoms with van der Waals surface area (Å²) in [6, 6.07) is 3.34. The first-order valence-electron chi connectivity index (χ1n) is 5.65. The lowest BCUT2D eigenvalue weighted by molar-refractivity contribution is 0.206. The number of aliphatic hydroxyl groups excluding tert-OH is 1. The molecule has 1 aliphatic carbocycles. The number of aliphatic hydroxyl groups is 1. The Hall–Kier alpha value is -1.33. The predicted octanol–water partition coefficient (Wildman–Crippen LogP) is 2.37. The van der Waals surface area contributed by atoms with Gasteiger partial charge in [0.05, 0.1) is 17.3 Å². The number of carbonyl (C=O) groups excluding carboxylic acids is 1. The maximum absolute atomic E-state index is 12.8. The van der Waals surface area contributed by atoms with Gasteiger partial charge < -0.3 is 15.7 Å². The van der Waals surface area contributed by atoms with E-state index in [1.54, 1.807) is 0 Å². The fourth-order valence-corrected chi connectivity index (χ4v) is 1.81. The lowest BCUT2D eigenvalue weighted by Gasteiger charge is -2.13. The molecule has 0 spiro atoms. The zero-order valence-electron chi connectivity index (χ0n) is 9.67. The fraction of sp³-hybridized carbons (Fsp3) is 0.417. The van der Waals surface area contributed by atoms with E-state index < -0.39 is 11.8 Å². The molecule has 2 rings (SSSR count). The summed E-state index contributed by atoms with van der Waals surface area (Å²) in [4.78, 5) is 11.6. The van der Waals surface area contributed by atoms with Crippen LogP contribution in [0.3, 0.4) is 0 Å². The SMILES string of the molecule is O=C(NCC1(CO)CC1)Nc1ccc(F)cc1Cl. The Balaban J connectivity index is 1.87. The van der Waals surface area contributed by atoms with E-state index >= 15 is 0 Å². The van der Waals surface area contributed by atoms with Gasteiger partial charge in [0.25, 0.3) is 0 Å². The minimum atomic E-state index is -0.455. The number of benzene rings is 1. The minimum Gasteiger partial charge on any atom is -0.396 e. The molecule has 18 heavy (non-hydrogen) atoms. The molecule has 4 nitrogen and oxygen atoms in total. The lowest BCUT2D eigenvalue weighted by Crippen LogP contribution is -2.35. The molecule has 0 heterocycles. The number of anilines is 1. The van der Waals surface area contributed by atoms with Crippen LogP contribution in [0.15, 0.2) is 18.2 Å². The van der Waals surface area contributed by atoms with Gasteiger partial charge in [0.15, 0.2) is 0 Å². The second-order valence-corrected chi connectivity index (χ2v) is 5.00. The average Bonchev–Trinajstić information content (AvgIpc) is 3.11. The molecule has 0 bridgehead atoms. The third-order valence-electron chi connectivity index (χ3n) is 3.10. The number of hydrogen-bond acceptors (Lipinski definition) is 2. The normalized spacial score (nSPS) is 16.2. The number of nitrogens with one attached hydrogen (secondary N) is 2. The molecule has 0 aromatic heterocycles. The first-order chi connectivity index (χ1) is 8.54. The molecule has 0 radical (unpaired) electrons. The number of hydrogen-bond donors (Lipinski definition) is 3. The van der Waals surface area contributed by atoms with Crippen molar-refractivity contribution in [2.24, 2.45) is 5.41 Å². The highest BCUT2D eigenvalue weighted by Gasteiger charge is 2.42. The van der Waals surface area contributed by atoms with E-state index in [0.29, 0.717) is 12.2 Å². The van der Waals surface area contributed by atoms with Gasteiger partial charge in [-0.2, -0.15) is 0 Å². The van der Waals surface area contributed by atoms with Crippen molar-refractivity contribution in [1.82, 2.24) is 5.32 Å². The monoisotopic (exact) mass is 272 g/mol. The Bertz CT molecular complexity index is 463. The first-order valence-corrected chi connectivity index (χ1v) is 6.03. The molecule has 0 saturated heterocycles. The molecule has 3 N–H and O–H groups in total. The number of carbonyl (C=O) groups is 1. The van der Waals surface area contributed by atoms with E-state index in [2.05, 4.69) is 10.6 Å². The molecule has 0 unspecified atom stereocenters. The van der Waals surface area contributed by atoms with Crippen molar-refractivity contribution in [3.8, 4) is 0 Å². The highest BCUT2D eigenvalue weighted by Crippen LogP contribution is 2.44. The maximum Gasteiger partial charge on any atom is 0.319 e. The predicted molar refractivity (Wildman–Crippen MR) is 67.2 cm³/mol. The van der Waals surface area contributed by atoms with Crippen LogP contribution in [-0.2, 0) is 0 Å². The number of urea groups is 1. The molecule has 98 valence electrons. The van der Waals surface area contributed by atoms with Crippen LogP contribution in [0.1, 0.15) is 12.8 Å². The van der Waals surface area contributed by atoms with Gasteiger partial charge in [-0.15, -0.1) is 0 Å². The Kier molecular flexibility index (Phi) is 3.73. The van der Waals surface area contributed by atoms with Crippen LogP contribution >= 0.6 is 11.6 Å². The van der Waals surface area contributed by atoms with E-state index in [4.69, 9.17) is 16.7 Å². The van der Waals surface area contributed by atoms with Crippen molar-refractivity contribution in [1.29, 1.82) is 0 Å². The van der Waals surface area contributed by atoms with Gasteiger partial charge in [0, 0.05) is 12.0 Å². The maximum atomic E-state index is 12.8. The topological polar surface area (TPSA) is 61.4 Å². The standard InChI is InChI=1S/C12H14ClFN2O2/c13-9-5-8(14)1-2-10(9)16-11(18)15-6-12(7-17)3-4-12/h1-2,5,17H,3-4,6-7H2,(H2,15,16,18). The molecule has 0 aliphatic heterocycles. The van der Waals surface area contributed by atoms with E-state index in [-0.39, 0.29) is 17.0 Å². The number of amides is 2. The largest absolute Gasteiger partial charge is 0.396 e. The third-order valence-corrected chi connectivity index (χ3v) is 3.41. The summed E-state index contributed by atoms with van der Waals surface area (Å²) in [6.07, 6.45) is 1.84. The Labute approximate surface area is 109 Å². The van der Waals surface area contributed by atoms with Gasteiger partial charge in [-0.1, -0.05) is 11.6 Å². The second-order valence-electron chi connectivity index (χ2n) is 4.59. The van der Waals surface area contributed by atoms with Crippen LogP contribution < -0.4 is 10.6 Å². The summed E-state index contributed by atoms with van der Waals surface area (Å²) < 4.78 is 12.8. The van der Waals surface area contributed by atoms with E-state index in [0.717, 1.165) is 18.9 Å². The average molecular weight is 273 g/mol. The summed E-state index contributed by atoms with van der Waals surface area (Å²) in [5.41, 5.74) is 0.202. The fourth-order valence-electron chi connectivity index (χ4n) is 1.59. The molecule has 1 aromatic rings. The first kappa shape index (κ1) is 13.1. The van der Waals surface area contributed by atoms with E-state index in [1.807, 2.05) is 0 Å². The molecule has 1 saturated carbocycles. The van der Waals surface area contributed by atoms with Crippen LogP contribution in [0.5, 0.6) is 0 Å². The van der Waals surface area contributed by atoms with Gasteiger partial charge in [-0.25, -0.2) is 9.18 Å². The highest BCUT2D eigenvalue weighted by molar-refractivity contribution is 6.33. The Morgan fingerprint density at radius 3 is 2.78 bits per heavy atom. The Morgan fingerprint density at radius 2 is 2.22 bits per heavy atom. The molecular formula is C12H14ClFN2O2. The molecule has 1 aliphatic rings. The minimum absolute atomic E-state index is 0.0740. The molecule has 2 amide bonds. The van der Waals surface area contributed by atoms with Crippen LogP contribution in [0, 0.1) is 11.2 Å². The zero-order valence-corrected chi connectivity index (χ0v) is 10.4. The summed E-state index contributed by atoms with van der Waals surface area (Å²) in [5, 5.41) is 14.4. The van der Waals surface area contributed by atoms with E-state index in [9.17, 15) is 9.18 Å². The van der Waals surface area contributed by atoms with Crippen LogP contribution in [0.4, 0.5) is 14.9 Å². The van der Waals surface area contributed by atoms with Crippen molar-refractivity contribution in [2.45, 2.75) is 12.8 Å². The van der Waals surface area contributed by atoms with Crippen LogP contribution in [0.2, 0.25) is 5.02 Å². The van der Waals surface area contributed by atoms with Gasteiger partial charge >= 0.3 is 6.03 Å². The quantitative estimate of drug-likeness (QED) is 0.788. The zero-order chi connectivity index (χ0) is 13.2. The van der Waals surface area contributed by atoms with Crippen molar-refractivity contribution >= 4 is 23.3 Å². The molecule has 0 atom stereocenters. The smallest absolute Gasteiger partial charge is 0.319 e. The van der Waals surface area contributed by atoms with Gasteiger partial charge in [0.2, 0.25) is 0 Å². The molecular weight excluding hydrogens is 259 g/mol. The van der Waals surface area contributed by atoms with Crippen molar-refractivity contribution in [3.63, 3.8) is 0 Å². The second kappa shape index (κ2) is 5.12. The number of halogens is 2. The van der Waals surface area contributed by atoms with Gasteiger partial charge in [0.1, 0.15) is 5.82 Å². The summed E-state index contributed by atoms with van der Waals surface area (Å²) in [6.45, 7) is 0.499. The van der Waals surface area contributed by atoms with Crippen molar-refractivity contribution < 1.29 is 14.3 Å². The third kappa shape index (κ3) is 3.11. The molecule has 6 heteroatoms. The van der Waals surface area contributed by atoms with Crippen LogP contribution in [0.25, 0.3) is 0 Å². The highest BCUT2D eigenvalue weighted by atomic mass is 35.5. The van der Waals surface area contributed by atoms with Crippen LogP contribution in [-0.4, -0.2) is 24.3 Å². The van der Waals surface area contributed by atoms with Crippen molar-refractivity contribution in [2.75, 3.05) is 18.5 Å².